The molecule has 1 rings (SSSR count). The molecule has 2 N–H and O–H groups in total. The van der Waals surface area contributed by atoms with E-state index in [1.807, 2.05) is 0 Å². The molecule has 0 aromatic carbocycles. The van der Waals surface area contributed by atoms with Gasteiger partial charge in [-0.25, -0.2) is 13.0 Å². The summed E-state index contributed by atoms with van der Waals surface area (Å²) in [5, 5.41) is 5.23. The van der Waals surface area contributed by atoms with E-state index in [1.165, 1.54) is 6.08 Å². The number of alkyl halides is 2. The highest BCUT2D eigenvalue weighted by Crippen LogP contribution is 2.52. The van der Waals surface area contributed by atoms with Crippen LogP contribution in [0, 0.1) is 5.41 Å². The second-order valence-electron chi connectivity index (χ2n) is 4.27. The summed E-state index contributed by atoms with van der Waals surface area (Å²) in [5.74, 6) is 0. The first kappa shape index (κ1) is 11.8. The van der Waals surface area contributed by atoms with Gasteiger partial charge < -0.3 is 0 Å². The lowest BCUT2D eigenvalue weighted by molar-refractivity contribution is 0.0871. The van der Waals surface area contributed by atoms with E-state index in [9.17, 15) is 13.0 Å². The van der Waals surface area contributed by atoms with E-state index in [0.29, 0.717) is 12.8 Å². The average Bonchev–Trinajstić information content (AvgIpc) is 2.81. The molecular weight excluding hydrogens is 208 g/mol. The summed E-state index contributed by atoms with van der Waals surface area (Å²) in [7, 11) is -1.53. The van der Waals surface area contributed by atoms with Crippen LogP contribution in [0.4, 0.5) is 8.78 Å². The number of rotatable bonds is 4. The Hall–Kier alpha value is -0.290. The van der Waals surface area contributed by atoms with Gasteiger partial charge in [-0.15, -0.1) is 0 Å². The van der Waals surface area contributed by atoms with Crippen molar-refractivity contribution >= 4 is 11.0 Å². The molecule has 1 saturated carbocycles. The van der Waals surface area contributed by atoms with Gasteiger partial charge in [0.2, 0.25) is 6.43 Å². The summed E-state index contributed by atoms with van der Waals surface area (Å²) in [6, 6.07) is 0. The van der Waals surface area contributed by atoms with Gasteiger partial charge >= 0.3 is 0 Å². The van der Waals surface area contributed by atoms with Crippen LogP contribution in [0.15, 0.2) is 12.2 Å². The first-order valence-corrected chi connectivity index (χ1v) is 5.66. The number of allylic oxidation sites excluding steroid dienone is 1. The molecular formula is C9H15F2NOS. The lowest BCUT2D eigenvalue weighted by atomic mass is 10.0. The van der Waals surface area contributed by atoms with Crippen LogP contribution in [0.2, 0.25) is 0 Å². The van der Waals surface area contributed by atoms with Crippen molar-refractivity contribution in [3.8, 4) is 0 Å². The molecule has 0 aliphatic heterocycles. The Morgan fingerprint density at radius 3 is 2.29 bits per heavy atom. The second-order valence-corrected chi connectivity index (χ2v) is 5.92. The van der Waals surface area contributed by atoms with Crippen LogP contribution in [0.1, 0.15) is 26.7 Å². The van der Waals surface area contributed by atoms with Gasteiger partial charge in [-0.2, -0.15) is 0 Å². The molecule has 0 spiro atoms. The van der Waals surface area contributed by atoms with Crippen LogP contribution in [0.5, 0.6) is 0 Å². The second kappa shape index (κ2) is 3.70. The van der Waals surface area contributed by atoms with E-state index in [4.69, 9.17) is 5.14 Å². The number of halogens is 2. The molecule has 1 fully saturated rings. The first-order chi connectivity index (χ1) is 6.30. The van der Waals surface area contributed by atoms with Gasteiger partial charge in [-0.1, -0.05) is 12.2 Å². The fraction of sp³-hybridized carbons (Fsp3) is 0.778. The molecule has 1 unspecified atom stereocenters. The standard InChI is InChI=1S/C9H15F2NOS/c1-8(2,14(12)13)3-4-9(5-6-9)7(10)11/h3-4,7H,5-6,12H2,1-2H3. The summed E-state index contributed by atoms with van der Waals surface area (Å²) in [6.07, 6.45) is 1.70. The Kier molecular flexibility index (Phi) is 3.11. The topological polar surface area (TPSA) is 43.1 Å². The van der Waals surface area contributed by atoms with Crippen molar-refractivity contribution < 1.29 is 13.0 Å². The van der Waals surface area contributed by atoms with Crippen LogP contribution < -0.4 is 5.14 Å². The van der Waals surface area contributed by atoms with E-state index in [0.717, 1.165) is 0 Å². The molecule has 1 atom stereocenters. The quantitative estimate of drug-likeness (QED) is 0.728. The Bertz CT molecular complexity index is 272. The zero-order valence-corrected chi connectivity index (χ0v) is 9.11. The molecule has 0 bridgehead atoms. The molecule has 1 aliphatic carbocycles. The van der Waals surface area contributed by atoms with Crippen molar-refractivity contribution in [2.45, 2.75) is 37.9 Å². The maximum absolute atomic E-state index is 12.5. The Labute approximate surface area is 85.1 Å². The van der Waals surface area contributed by atoms with E-state index in [-0.39, 0.29) is 0 Å². The van der Waals surface area contributed by atoms with Crippen molar-refractivity contribution in [3.05, 3.63) is 12.2 Å². The van der Waals surface area contributed by atoms with Crippen molar-refractivity contribution in [3.63, 3.8) is 0 Å². The van der Waals surface area contributed by atoms with Crippen molar-refractivity contribution in [2.75, 3.05) is 0 Å². The summed E-state index contributed by atoms with van der Waals surface area (Å²) in [4.78, 5) is 0. The fourth-order valence-electron chi connectivity index (χ4n) is 1.04. The normalized spacial score (nSPS) is 23.0. The smallest absolute Gasteiger partial charge is 0.247 e. The van der Waals surface area contributed by atoms with Crippen LogP contribution in [0.25, 0.3) is 0 Å². The monoisotopic (exact) mass is 223 g/mol. The maximum Gasteiger partial charge on any atom is 0.247 e. The van der Waals surface area contributed by atoms with Gasteiger partial charge in [-0.05, 0) is 26.7 Å². The summed E-state index contributed by atoms with van der Waals surface area (Å²) < 4.78 is 35.3. The van der Waals surface area contributed by atoms with Crippen LogP contribution in [-0.4, -0.2) is 15.4 Å². The zero-order valence-electron chi connectivity index (χ0n) is 8.30. The Morgan fingerprint density at radius 2 is 2.00 bits per heavy atom. The van der Waals surface area contributed by atoms with Gasteiger partial charge in [0.1, 0.15) is 0 Å². The summed E-state index contributed by atoms with van der Waals surface area (Å²) in [6.45, 7) is 3.34. The Balaban J connectivity index is 2.69. The van der Waals surface area contributed by atoms with Crippen LogP contribution in [-0.2, 0) is 11.0 Å². The first-order valence-electron chi connectivity index (χ1n) is 4.45. The third-order valence-electron chi connectivity index (χ3n) is 2.60. The minimum atomic E-state index is -2.33. The van der Waals surface area contributed by atoms with E-state index in [2.05, 4.69) is 0 Å². The number of hydrogen-bond acceptors (Lipinski definition) is 1. The van der Waals surface area contributed by atoms with Crippen molar-refractivity contribution in [1.29, 1.82) is 0 Å². The van der Waals surface area contributed by atoms with Gasteiger partial charge in [0.25, 0.3) is 0 Å². The van der Waals surface area contributed by atoms with Gasteiger partial charge in [0.15, 0.2) is 0 Å². The molecule has 0 radical (unpaired) electrons. The minimum absolute atomic E-state index is 0.508. The average molecular weight is 223 g/mol. The predicted molar refractivity (Wildman–Crippen MR) is 53.2 cm³/mol. The summed E-state index contributed by atoms with van der Waals surface area (Å²) in [5.41, 5.74) is -0.962. The fourth-order valence-corrected chi connectivity index (χ4v) is 1.24. The van der Waals surface area contributed by atoms with Crippen LogP contribution >= 0.6 is 0 Å². The van der Waals surface area contributed by atoms with Gasteiger partial charge in [0, 0.05) is 5.41 Å². The third-order valence-corrected chi connectivity index (χ3v) is 3.77. The molecule has 0 aromatic heterocycles. The van der Waals surface area contributed by atoms with E-state index in [1.54, 1.807) is 19.9 Å². The lowest BCUT2D eigenvalue weighted by Crippen LogP contribution is -2.30. The SMILES string of the molecule is CC(C)(C=CC1(C(F)F)CC1)S(N)=O. The largest absolute Gasteiger partial charge is 0.251 e. The highest BCUT2D eigenvalue weighted by Gasteiger charge is 2.49. The molecule has 14 heavy (non-hydrogen) atoms. The van der Waals surface area contributed by atoms with Gasteiger partial charge in [-0.3, -0.25) is 5.14 Å². The molecule has 0 heterocycles. The molecule has 0 amide bonds. The highest BCUT2D eigenvalue weighted by molar-refractivity contribution is 7.84. The molecule has 82 valence electrons. The number of hydrogen-bond donors (Lipinski definition) is 1. The third kappa shape index (κ3) is 2.39. The molecule has 0 aromatic rings. The predicted octanol–water partition coefficient (Wildman–Crippen LogP) is 1.99. The van der Waals surface area contributed by atoms with E-state index >= 15 is 0 Å². The van der Waals surface area contributed by atoms with Crippen molar-refractivity contribution in [1.82, 2.24) is 0 Å². The van der Waals surface area contributed by atoms with Crippen LogP contribution in [0.3, 0.4) is 0 Å². The van der Waals surface area contributed by atoms with Gasteiger partial charge in [0.05, 0.1) is 15.7 Å². The maximum atomic E-state index is 12.5. The lowest BCUT2D eigenvalue weighted by Gasteiger charge is -2.17. The Morgan fingerprint density at radius 1 is 1.50 bits per heavy atom. The van der Waals surface area contributed by atoms with E-state index < -0.39 is 27.6 Å². The van der Waals surface area contributed by atoms with Crippen molar-refractivity contribution in [2.24, 2.45) is 10.6 Å². The zero-order chi connectivity index (χ0) is 11.0. The molecule has 2 nitrogen and oxygen atoms in total. The summed E-state index contributed by atoms with van der Waals surface area (Å²) >= 11 is 0. The highest BCUT2D eigenvalue weighted by atomic mass is 32.2. The minimum Gasteiger partial charge on any atom is -0.251 e. The number of nitrogens with two attached hydrogens (primary N) is 1. The molecule has 0 saturated heterocycles. The molecule has 1 aliphatic rings. The molecule has 5 heteroatoms.